The number of aryl methyl sites for hydroxylation is 1. The van der Waals surface area contributed by atoms with Crippen LogP contribution in [0.1, 0.15) is 37.5 Å². The summed E-state index contributed by atoms with van der Waals surface area (Å²) < 4.78 is 0. The fourth-order valence-electron chi connectivity index (χ4n) is 1.66. The molecule has 1 N–H and O–H groups in total. The van der Waals surface area contributed by atoms with Crippen molar-refractivity contribution >= 4 is 11.3 Å². The highest BCUT2D eigenvalue weighted by Crippen LogP contribution is 2.15. The first-order valence-electron chi connectivity index (χ1n) is 6.05. The summed E-state index contributed by atoms with van der Waals surface area (Å²) in [5.74, 6) is 0. The minimum Gasteiger partial charge on any atom is -0.308 e. The van der Waals surface area contributed by atoms with Gasteiger partial charge in [-0.2, -0.15) is 0 Å². The number of rotatable bonds is 7. The number of likely N-dealkylation sites (N-methyl/N-ethyl adjacent to an activating group) is 1. The van der Waals surface area contributed by atoms with E-state index < -0.39 is 0 Å². The highest BCUT2D eigenvalue weighted by molar-refractivity contribution is 7.09. The summed E-state index contributed by atoms with van der Waals surface area (Å²) in [6.45, 7) is 13.0. The molecule has 0 saturated carbocycles. The maximum atomic E-state index is 4.49. The highest BCUT2D eigenvalue weighted by atomic mass is 32.1. The predicted molar refractivity (Wildman–Crippen MR) is 71.1 cm³/mol. The summed E-state index contributed by atoms with van der Waals surface area (Å²) in [5.41, 5.74) is 1.17. The molecular weight excluding hydrogens is 218 g/mol. The standard InChI is InChI=1S/C12H23N3S/c1-5-15(6-2)8-7-13-10(3)12-9-16-11(4)14-12/h9-10,13H,5-8H2,1-4H3. The molecule has 0 aliphatic rings. The number of hydrogen-bond acceptors (Lipinski definition) is 4. The normalized spacial score (nSPS) is 13.3. The van der Waals surface area contributed by atoms with Crippen molar-refractivity contribution in [1.82, 2.24) is 15.2 Å². The van der Waals surface area contributed by atoms with Crippen LogP contribution >= 0.6 is 11.3 Å². The maximum Gasteiger partial charge on any atom is 0.0898 e. The van der Waals surface area contributed by atoms with Crippen LogP contribution in [0.2, 0.25) is 0 Å². The van der Waals surface area contributed by atoms with Crippen molar-refractivity contribution in [2.75, 3.05) is 26.2 Å². The summed E-state index contributed by atoms with van der Waals surface area (Å²) in [6.07, 6.45) is 0. The lowest BCUT2D eigenvalue weighted by Crippen LogP contribution is -2.33. The Morgan fingerprint density at radius 3 is 2.62 bits per heavy atom. The van der Waals surface area contributed by atoms with Crippen LogP contribution in [0, 0.1) is 6.92 Å². The molecule has 0 saturated heterocycles. The van der Waals surface area contributed by atoms with Crippen LogP contribution in [0.25, 0.3) is 0 Å². The molecule has 0 aliphatic heterocycles. The molecule has 0 aromatic carbocycles. The van der Waals surface area contributed by atoms with Gasteiger partial charge in [0.1, 0.15) is 0 Å². The van der Waals surface area contributed by atoms with Crippen LogP contribution in [0.15, 0.2) is 5.38 Å². The average molecular weight is 241 g/mol. The molecule has 92 valence electrons. The third-order valence-corrected chi connectivity index (χ3v) is 3.65. The van der Waals surface area contributed by atoms with E-state index in [2.05, 4.69) is 48.3 Å². The van der Waals surface area contributed by atoms with E-state index in [9.17, 15) is 0 Å². The summed E-state index contributed by atoms with van der Waals surface area (Å²) in [6, 6.07) is 0.362. The first kappa shape index (κ1) is 13.6. The molecule has 1 unspecified atom stereocenters. The van der Waals surface area contributed by atoms with Gasteiger partial charge in [0.2, 0.25) is 0 Å². The molecule has 3 nitrogen and oxygen atoms in total. The van der Waals surface area contributed by atoms with Crippen LogP contribution < -0.4 is 5.32 Å². The highest BCUT2D eigenvalue weighted by Gasteiger charge is 2.08. The van der Waals surface area contributed by atoms with Crippen molar-refractivity contribution in [3.63, 3.8) is 0 Å². The SMILES string of the molecule is CCN(CC)CCNC(C)c1csc(C)n1. The smallest absolute Gasteiger partial charge is 0.0898 e. The monoisotopic (exact) mass is 241 g/mol. The van der Waals surface area contributed by atoms with E-state index in [1.165, 1.54) is 5.69 Å². The minimum absolute atomic E-state index is 0.362. The molecule has 1 aromatic heterocycles. The fraction of sp³-hybridized carbons (Fsp3) is 0.750. The largest absolute Gasteiger partial charge is 0.308 e. The number of nitrogens with zero attached hydrogens (tertiary/aromatic N) is 2. The third-order valence-electron chi connectivity index (χ3n) is 2.85. The van der Waals surface area contributed by atoms with Crippen molar-refractivity contribution in [2.24, 2.45) is 0 Å². The van der Waals surface area contributed by atoms with Crippen molar-refractivity contribution in [1.29, 1.82) is 0 Å². The van der Waals surface area contributed by atoms with Crippen molar-refractivity contribution in [3.05, 3.63) is 16.1 Å². The molecule has 0 amide bonds. The molecule has 16 heavy (non-hydrogen) atoms. The fourth-order valence-corrected chi connectivity index (χ4v) is 2.37. The van der Waals surface area contributed by atoms with Crippen molar-refractivity contribution in [2.45, 2.75) is 33.7 Å². The molecule has 1 atom stereocenters. The minimum atomic E-state index is 0.362. The zero-order chi connectivity index (χ0) is 12.0. The quantitative estimate of drug-likeness (QED) is 0.795. The molecule has 0 aliphatic carbocycles. The second kappa shape index (κ2) is 6.99. The van der Waals surface area contributed by atoms with E-state index >= 15 is 0 Å². The number of nitrogens with one attached hydrogen (secondary N) is 1. The average Bonchev–Trinajstić information content (AvgIpc) is 2.71. The molecule has 1 aromatic rings. The van der Waals surface area contributed by atoms with Crippen molar-refractivity contribution < 1.29 is 0 Å². The zero-order valence-corrected chi connectivity index (χ0v) is 11.6. The second-order valence-electron chi connectivity index (χ2n) is 3.99. The van der Waals surface area contributed by atoms with Crippen LogP contribution in [0.4, 0.5) is 0 Å². The number of thiazole rings is 1. The summed E-state index contributed by atoms with van der Waals surface area (Å²) in [5, 5.41) is 6.80. The molecule has 0 bridgehead atoms. The molecule has 0 radical (unpaired) electrons. The summed E-state index contributed by atoms with van der Waals surface area (Å²) in [7, 11) is 0. The van der Waals surface area contributed by atoms with Crippen LogP contribution in [-0.2, 0) is 0 Å². The summed E-state index contributed by atoms with van der Waals surface area (Å²) in [4.78, 5) is 6.91. The predicted octanol–water partition coefficient (Wildman–Crippen LogP) is 2.44. The Morgan fingerprint density at radius 2 is 2.12 bits per heavy atom. The van der Waals surface area contributed by atoms with E-state index in [4.69, 9.17) is 0 Å². The second-order valence-corrected chi connectivity index (χ2v) is 5.06. The van der Waals surface area contributed by atoms with Crippen LogP contribution in [0.3, 0.4) is 0 Å². The Labute approximate surface area is 103 Å². The van der Waals surface area contributed by atoms with E-state index in [1.807, 2.05) is 0 Å². The van der Waals surface area contributed by atoms with Gasteiger partial charge in [-0.1, -0.05) is 13.8 Å². The van der Waals surface area contributed by atoms with Crippen LogP contribution in [-0.4, -0.2) is 36.1 Å². The molecule has 0 fully saturated rings. The molecular formula is C12H23N3S. The Balaban J connectivity index is 2.27. The zero-order valence-electron chi connectivity index (χ0n) is 10.8. The van der Waals surface area contributed by atoms with Gasteiger partial charge in [0.05, 0.1) is 10.7 Å². The Hall–Kier alpha value is -0.450. The van der Waals surface area contributed by atoms with Gasteiger partial charge in [0, 0.05) is 24.5 Å². The lowest BCUT2D eigenvalue weighted by atomic mass is 10.2. The lowest BCUT2D eigenvalue weighted by molar-refractivity contribution is 0.297. The maximum absolute atomic E-state index is 4.49. The van der Waals surface area contributed by atoms with E-state index in [0.29, 0.717) is 6.04 Å². The van der Waals surface area contributed by atoms with Crippen molar-refractivity contribution in [3.8, 4) is 0 Å². The van der Waals surface area contributed by atoms with Crippen LogP contribution in [0.5, 0.6) is 0 Å². The van der Waals surface area contributed by atoms with E-state index in [1.54, 1.807) is 11.3 Å². The van der Waals surface area contributed by atoms with Gasteiger partial charge >= 0.3 is 0 Å². The topological polar surface area (TPSA) is 28.2 Å². The summed E-state index contributed by atoms with van der Waals surface area (Å²) >= 11 is 1.72. The van der Waals surface area contributed by atoms with E-state index in [-0.39, 0.29) is 0 Å². The van der Waals surface area contributed by atoms with Gasteiger partial charge < -0.3 is 10.2 Å². The lowest BCUT2D eigenvalue weighted by Gasteiger charge is -2.19. The molecule has 4 heteroatoms. The van der Waals surface area contributed by atoms with Gasteiger partial charge in [-0.3, -0.25) is 0 Å². The number of aromatic nitrogens is 1. The first-order chi connectivity index (χ1) is 7.67. The van der Waals surface area contributed by atoms with Gasteiger partial charge in [0.25, 0.3) is 0 Å². The third kappa shape index (κ3) is 4.20. The molecule has 1 rings (SSSR count). The Bertz CT molecular complexity index is 294. The Kier molecular flexibility index (Phi) is 5.95. The molecule has 0 spiro atoms. The van der Waals surface area contributed by atoms with Gasteiger partial charge in [-0.05, 0) is 26.9 Å². The molecule has 1 heterocycles. The Morgan fingerprint density at radius 1 is 1.44 bits per heavy atom. The van der Waals surface area contributed by atoms with Gasteiger partial charge in [-0.25, -0.2) is 4.98 Å². The van der Waals surface area contributed by atoms with Gasteiger partial charge in [-0.15, -0.1) is 11.3 Å². The number of hydrogen-bond donors (Lipinski definition) is 1. The van der Waals surface area contributed by atoms with Gasteiger partial charge in [0.15, 0.2) is 0 Å². The van der Waals surface area contributed by atoms with E-state index in [0.717, 1.165) is 31.2 Å². The first-order valence-corrected chi connectivity index (χ1v) is 6.93.